The van der Waals surface area contributed by atoms with Gasteiger partial charge in [0.1, 0.15) is 6.61 Å². The van der Waals surface area contributed by atoms with E-state index in [1.54, 1.807) is 6.07 Å². The molecule has 1 aliphatic heterocycles. The standard InChI is InChI=1S/C27H34F3N3O2/c28-27(29,30)23-7-4-8-25(19-23)33-17-15-32(16-18-33)14-13-21-9-11-24(12-10-21)31-26(34)35-20-22-5-2-1-3-6-22/h1-8,19,21,24H,9-18,20H2,(H,31,34)/t21-,24-. The molecule has 0 bridgehead atoms. The maximum absolute atomic E-state index is 13.0. The van der Waals surface area contributed by atoms with Gasteiger partial charge < -0.3 is 15.0 Å². The number of nitrogens with one attached hydrogen (secondary N) is 1. The summed E-state index contributed by atoms with van der Waals surface area (Å²) in [5.41, 5.74) is 1.03. The van der Waals surface area contributed by atoms with Crippen molar-refractivity contribution in [3.8, 4) is 0 Å². The average molecular weight is 490 g/mol. The number of ether oxygens (including phenoxy) is 1. The van der Waals surface area contributed by atoms with Gasteiger partial charge in [-0.15, -0.1) is 0 Å². The number of anilines is 1. The Bertz CT molecular complexity index is 938. The van der Waals surface area contributed by atoms with Gasteiger partial charge in [-0.25, -0.2) is 4.79 Å². The number of hydrogen-bond acceptors (Lipinski definition) is 4. The monoisotopic (exact) mass is 489 g/mol. The number of rotatable bonds is 7. The molecular weight excluding hydrogens is 455 g/mol. The number of carbonyl (C=O) groups is 1. The summed E-state index contributed by atoms with van der Waals surface area (Å²) in [6.45, 7) is 4.49. The predicted molar refractivity (Wildman–Crippen MR) is 130 cm³/mol. The normalized spacial score (nSPS) is 21.5. The lowest BCUT2D eigenvalue weighted by Crippen LogP contribution is -2.47. The number of alkyl halides is 3. The summed E-state index contributed by atoms with van der Waals surface area (Å²) in [6.07, 6.45) is 0.574. The van der Waals surface area contributed by atoms with Crippen molar-refractivity contribution >= 4 is 11.8 Å². The number of benzene rings is 2. The molecule has 8 heteroatoms. The van der Waals surface area contributed by atoms with Crippen LogP contribution in [0.5, 0.6) is 0 Å². The molecule has 5 nitrogen and oxygen atoms in total. The van der Waals surface area contributed by atoms with Gasteiger partial charge in [0.15, 0.2) is 0 Å². The lowest BCUT2D eigenvalue weighted by atomic mass is 9.84. The molecule has 1 saturated carbocycles. The van der Waals surface area contributed by atoms with E-state index in [1.807, 2.05) is 35.2 Å². The van der Waals surface area contributed by atoms with Crippen molar-refractivity contribution in [2.24, 2.45) is 5.92 Å². The minimum absolute atomic E-state index is 0.172. The summed E-state index contributed by atoms with van der Waals surface area (Å²) in [5.74, 6) is 0.648. The first kappa shape index (κ1) is 25.4. The van der Waals surface area contributed by atoms with Crippen LogP contribution in [0.25, 0.3) is 0 Å². The molecule has 35 heavy (non-hydrogen) atoms. The molecule has 1 N–H and O–H groups in total. The number of piperazine rings is 1. The van der Waals surface area contributed by atoms with Crippen molar-refractivity contribution in [1.29, 1.82) is 0 Å². The zero-order chi connectivity index (χ0) is 24.7. The fourth-order valence-electron chi connectivity index (χ4n) is 5.00. The predicted octanol–water partition coefficient (Wildman–Crippen LogP) is 5.70. The van der Waals surface area contributed by atoms with E-state index >= 15 is 0 Å². The average Bonchev–Trinajstić information content (AvgIpc) is 2.88. The van der Waals surface area contributed by atoms with Crippen molar-refractivity contribution in [3.63, 3.8) is 0 Å². The quantitative estimate of drug-likeness (QED) is 0.542. The summed E-state index contributed by atoms with van der Waals surface area (Å²) in [6, 6.07) is 15.4. The molecule has 2 fully saturated rings. The van der Waals surface area contributed by atoms with Crippen LogP contribution in [0.3, 0.4) is 0 Å². The molecular formula is C27H34F3N3O2. The smallest absolute Gasteiger partial charge is 0.416 e. The van der Waals surface area contributed by atoms with Gasteiger partial charge >= 0.3 is 12.3 Å². The third-order valence-electron chi connectivity index (χ3n) is 7.15. The molecule has 0 spiro atoms. The van der Waals surface area contributed by atoms with E-state index in [9.17, 15) is 18.0 Å². The van der Waals surface area contributed by atoms with Crippen LogP contribution in [0.4, 0.5) is 23.7 Å². The van der Waals surface area contributed by atoms with Crippen LogP contribution in [0.1, 0.15) is 43.2 Å². The van der Waals surface area contributed by atoms with Gasteiger partial charge in [0.2, 0.25) is 0 Å². The highest BCUT2D eigenvalue weighted by molar-refractivity contribution is 5.67. The lowest BCUT2D eigenvalue weighted by Gasteiger charge is -2.37. The molecule has 1 heterocycles. The van der Waals surface area contributed by atoms with Gasteiger partial charge in [-0.1, -0.05) is 36.4 Å². The van der Waals surface area contributed by atoms with E-state index in [-0.39, 0.29) is 18.7 Å². The van der Waals surface area contributed by atoms with Gasteiger partial charge in [0, 0.05) is 37.9 Å². The Hall–Kier alpha value is -2.74. The molecule has 0 atom stereocenters. The molecule has 1 aliphatic carbocycles. The van der Waals surface area contributed by atoms with Crippen molar-refractivity contribution in [2.75, 3.05) is 37.6 Å². The van der Waals surface area contributed by atoms with Crippen LogP contribution in [0.15, 0.2) is 54.6 Å². The van der Waals surface area contributed by atoms with Gasteiger partial charge in [-0.05, 0) is 68.3 Å². The molecule has 0 aromatic heterocycles. The summed E-state index contributed by atoms with van der Waals surface area (Å²) < 4.78 is 44.3. The summed E-state index contributed by atoms with van der Waals surface area (Å²) in [7, 11) is 0. The van der Waals surface area contributed by atoms with Gasteiger partial charge in [0.05, 0.1) is 5.56 Å². The fraction of sp³-hybridized carbons (Fsp3) is 0.519. The van der Waals surface area contributed by atoms with Crippen molar-refractivity contribution in [2.45, 2.75) is 50.9 Å². The van der Waals surface area contributed by atoms with E-state index in [0.29, 0.717) is 11.6 Å². The Balaban J connectivity index is 1.11. The molecule has 190 valence electrons. The zero-order valence-electron chi connectivity index (χ0n) is 20.0. The molecule has 2 aromatic carbocycles. The van der Waals surface area contributed by atoms with Crippen molar-refractivity contribution < 1.29 is 22.7 Å². The number of alkyl carbamates (subject to hydrolysis) is 1. The summed E-state index contributed by atoms with van der Waals surface area (Å²) in [4.78, 5) is 16.5. The number of nitrogens with zero attached hydrogens (tertiary/aromatic N) is 2. The second kappa shape index (κ2) is 11.8. The first-order valence-electron chi connectivity index (χ1n) is 12.5. The third kappa shape index (κ3) is 7.62. The van der Waals surface area contributed by atoms with Crippen LogP contribution in [0, 0.1) is 5.92 Å². The maximum Gasteiger partial charge on any atom is 0.416 e. The number of halogens is 3. The topological polar surface area (TPSA) is 44.8 Å². The van der Waals surface area contributed by atoms with E-state index in [1.165, 1.54) is 12.1 Å². The summed E-state index contributed by atoms with van der Waals surface area (Å²) >= 11 is 0. The van der Waals surface area contributed by atoms with Gasteiger partial charge in [-0.3, -0.25) is 4.90 Å². The van der Waals surface area contributed by atoms with Crippen LogP contribution in [-0.4, -0.2) is 49.8 Å². The fourth-order valence-corrected chi connectivity index (χ4v) is 5.00. The molecule has 0 unspecified atom stereocenters. The highest BCUT2D eigenvalue weighted by atomic mass is 19.4. The van der Waals surface area contributed by atoms with Crippen molar-refractivity contribution in [3.05, 3.63) is 65.7 Å². The molecule has 2 aromatic rings. The lowest BCUT2D eigenvalue weighted by molar-refractivity contribution is -0.137. The first-order chi connectivity index (χ1) is 16.9. The second-order valence-electron chi connectivity index (χ2n) is 9.59. The highest BCUT2D eigenvalue weighted by Crippen LogP contribution is 2.32. The SMILES string of the molecule is O=C(N[C@H]1CC[C@H](CCN2CCN(c3cccc(C(F)(F)F)c3)CC2)CC1)OCc1ccccc1. The Kier molecular flexibility index (Phi) is 8.55. The van der Waals surface area contributed by atoms with E-state index < -0.39 is 11.7 Å². The maximum atomic E-state index is 13.0. The zero-order valence-corrected chi connectivity index (χ0v) is 20.0. The second-order valence-corrected chi connectivity index (χ2v) is 9.59. The first-order valence-corrected chi connectivity index (χ1v) is 12.5. The third-order valence-corrected chi connectivity index (χ3v) is 7.15. The highest BCUT2D eigenvalue weighted by Gasteiger charge is 2.31. The Morgan fingerprint density at radius 2 is 1.66 bits per heavy atom. The van der Waals surface area contributed by atoms with Gasteiger partial charge in [0.25, 0.3) is 0 Å². The van der Waals surface area contributed by atoms with E-state index in [4.69, 9.17) is 4.74 Å². The molecule has 1 saturated heterocycles. The molecule has 4 rings (SSSR count). The number of amides is 1. The Labute approximate surface area is 205 Å². The van der Waals surface area contributed by atoms with Crippen LogP contribution < -0.4 is 10.2 Å². The van der Waals surface area contributed by atoms with E-state index in [0.717, 1.165) is 76.5 Å². The molecule has 2 aliphatic rings. The van der Waals surface area contributed by atoms with Crippen molar-refractivity contribution in [1.82, 2.24) is 10.2 Å². The Morgan fingerprint density at radius 1 is 0.943 bits per heavy atom. The molecule has 0 radical (unpaired) electrons. The minimum atomic E-state index is -4.31. The van der Waals surface area contributed by atoms with Crippen LogP contribution in [0.2, 0.25) is 0 Å². The summed E-state index contributed by atoms with van der Waals surface area (Å²) in [5, 5.41) is 3.00. The van der Waals surface area contributed by atoms with Gasteiger partial charge in [-0.2, -0.15) is 13.2 Å². The Morgan fingerprint density at radius 3 is 2.34 bits per heavy atom. The number of hydrogen-bond donors (Lipinski definition) is 1. The number of carbonyl (C=O) groups excluding carboxylic acids is 1. The van der Waals surface area contributed by atoms with E-state index in [2.05, 4.69) is 10.2 Å². The van der Waals surface area contributed by atoms with Crippen LogP contribution in [-0.2, 0) is 17.5 Å². The minimum Gasteiger partial charge on any atom is -0.445 e. The van der Waals surface area contributed by atoms with Crippen LogP contribution >= 0.6 is 0 Å². The largest absolute Gasteiger partial charge is 0.445 e. The molecule has 1 amide bonds.